The van der Waals surface area contributed by atoms with Crippen LogP contribution in [-0.2, 0) is 0 Å². The molecule has 0 aliphatic rings. The van der Waals surface area contributed by atoms with Gasteiger partial charge in [0, 0.05) is 12.4 Å². The SMILES string of the molecule is Br.[H-].[H-].[Mg+2].c1c[nH]cn1. The van der Waals surface area contributed by atoms with Crippen molar-refractivity contribution in [2.24, 2.45) is 0 Å². The average molecular weight is 175 g/mol. The summed E-state index contributed by atoms with van der Waals surface area (Å²) >= 11 is 0. The molecule has 0 radical (unpaired) electrons. The molecule has 0 unspecified atom stereocenters. The van der Waals surface area contributed by atoms with Crippen molar-refractivity contribution in [3.8, 4) is 0 Å². The number of nitrogens with zero attached hydrogens (tertiary/aromatic N) is 1. The van der Waals surface area contributed by atoms with Gasteiger partial charge in [0.1, 0.15) is 0 Å². The molecule has 0 bridgehead atoms. The summed E-state index contributed by atoms with van der Waals surface area (Å²) in [4.78, 5) is 6.42. The minimum atomic E-state index is 0. The molecule has 0 aliphatic heterocycles. The fraction of sp³-hybridized carbons (Fsp3) is 0. The molecule has 0 amide bonds. The summed E-state index contributed by atoms with van der Waals surface area (Å²) < 4.78 is 0. The van der Waals surface area contributed by atoms with Gasteiger partial charge in [-0.25, -0.2) is 4.98 Å². The normalized spacial score (nSPS) is 5.71. The smallest absolute Gasteiger partial charge is 1.00 e. The molecule has 7 heavy (non-hydrogen) atoms. The Hall–Kier alpha value is 0.456. The topological polar surface area (TPSA) is 28.7 Å². The Labute approximate surface area is 71.6 Å². The number of aromatic amines is 1. The number of nitrogens with one attached hydrogen (secondary N) is 1. The maximum absolute atomic E-state index is 3.67. The first kappa shape index (κ1) is 10.4. The fourth-order valence-corrected chi connectivity index (χ4v) is 0.215. The van der Waals surface area contributed by atoms with Gasteiger partial charge in [-0.3, -0.25) is 0 Å². The van der Waals surface area contributed by atoms with Gasteiger partial charge in [-0.05, 0) is 0 Å². The van der Waals surface area contributed by atoms with Gasteiger partial charge in [0.2, 0.25) is 0 Å². The molecule has 0 spiro atoms. The van der Waals surface area contributed by atoms with Crippen LogP contribution in [0, 0.1) is 0 Å². The summed E-state index contributed by atoms with van der Waals surface area (Å²) in [5, 5.41) is 0. The van der Waals surface area contributed by atoms with E-state index in [0.717, 1.165) is 0 Å². The number of rotatable bonds is 0. The number of aromatic nitrogens is 2. The van der Waals surface area contributed by atoms with Crippen molar-refractivity contribution in [1.29, 1.82) is 0 Å². The van der Waals surface area contributed by atoms with E-state index >= 15 is 0 Å². The summed E-state index contributed by atoms with van der Waals surface area (Å²) in [6, 6.07) is 0. The van der Waals surface area contributed by atoms with Crippen molar-refractivity contribution in [2.45, 2.75) is 0 Å². The third-order valence-corrected chi connectivity index (χ3v) is 0.406. The molecule has 1 heterocycles. The third kappa shape index (κ3) is 4.31. The van der Waals surface area contributed by atoms with Crippen LogP contribution in [0.15, 0.2) is 18.7 Å². The summed E-state index contributed by atoms with van der Waals surface area (Å²) in [6.07, 6.45) is 5.08. The first-order chi connectivity index (χ1) is 2.50. The Bertz CT molecular complexity index is 76.3. The minimum absolute atomic E-state index is 0. The quantitative estimate of drug-likeness (QED) is 0.581. The number of hydrogen-bond donors (Lipinski definition) is 1. The van der Waals surface area contributed by atoms with Crippen molar-refractivity contribution in [2.75, 3.05) is 0 Å². The predicted octanol–water partition coefficient (Wildman–Crippen LogP) is 0.832. The Balaban J connectivity index is -0.0000000312. The third-order valence-electron chi connectivity index (χ3n) is 0.406. The van der Waals surface area contributed by atoms with Crippen LogP contribution in [0.3, 0.4) is 0 Å². The van der Waals surface area contributed by atoms with Crippen molar-refractivity contribution in [3.63, 3.8) is 0 Å². The molecule has 38 valence electrons. The van der Waals surface area contributed by atoms with Gasteiger partial charge in [0.05, 0.1) is 6.33 Å². The summed E-state index contributed by atoms with van der Waals surface area (Å²) in [5.74, 6) is 0. The van der Waals surface area contributed by atoms with Gasteiger partial charge >= 0.3 is 23.1 Å². The van der Waals surface area contributed by atoms with Gasteiger partial charge in [-0.1, -0.05) is 0 Å². The van der Waals surface area contributed by atoms with Gasteiger partial charge in [0.15, 0.2) is 0 Å². The monoisotopic (exact) mass is 174 g/mol. The van der Waals surface area contributed by atoms with Crippen molar-refractivity contribution >= 4 is 40.0 Å². The zero-order chi connectivity index (χ0) is 3.54. The van der Waals surface area contributed by atoms with Gasteiger partial charge in [-0.15, -0.1) is 17.0 Å². The molecule has 1 N–H and O–H groups in total. The molecule has 1 aromatic heterocycles. The Kier molecular flexibility index (Phi) is 9.63. The molecule has 1 rings (SSSR count). The van der Waals surface area contributed by atoms with E-state index in [1.165, 1.54) is 0 Å². The molecule has 0 aliphatic carbocycles. The fourth-order valence-electron chi connectivity index (χ4n) is 0.215. The van der Waals surface area contributed by atoms with E-state index in [1.54, 1.807) is 18.7 Å². The standard InChI is InChI=1S/C3H4N2.BrH.Mg.2H/c1-2-5-3-4-1;;;;/h1-3H,(H,4,5);1H;;;/q;;+2;2*-1. The molecule has 2 nitrogen and oxygen atoms in total. The van der Waals surface area contributed by atoms with E-state index in [9.17, 15) is 0 Å². The van der Waals surface area contributed by atoms with Crippen LogP contribution >= 0.6 is 17.0 Å². The zero-order valence-corrected chi connectivity index (χ0v) is 6.92. The molecular formula is C3H7BrMgN2. The van der Waals surface area contributed by atoms with E-state index in [4.69, 9.17) is 0 Å². The van der Waals surface area contributed by atoms with Crippen molar-refractivity contribution in [3.05, 3.63) is 18.7 Å². The molecular weight excluding hydrogens is 168 g/mol. The molecule has 0 saturated carbocycles. The molecule has 1 aromatic rings. The first-order valence-electron chi connectivity index (χ1n) is 1.43. The van der Waals surface area contributed by atoms with E-state index < -0.39 is 0 Å². The van der Waals surface area contributed by atoms with Crippen LogP contribution in [0.5, 0.6) is 0 Å². The number of halogens is 1. The largest absolute Gasteiger partial charge is 2.00 e. The molecule has 0 fully saturated rings. The molecule has 0 atom stereocenters. The number of H-pyrrole nitrogens is 1. The summed E-state index contributed by atoms with van der Waals surface area (Å²) in [5.41, 5.74) is 0. The summed E-state index contributed by atoms with van der Waals surface area (Å²) in [7, 11) is 0. The van der Waals surface area contributed by atoms with Crippen molar-refractivity contribution in [1.82, 2.24) is 9.97 Å². The van der Waals surface area contributed by atoms with E-state index in [0.29, 0.717) is 0 Å². The second-order valence-electron chi connectivity index (χ2n) is 0.761. The van der Waals surface area contributed by atoms with Gasteiger partial charge < -0.3 is 7.84 Å². The van der Waals surface area contributed by atoms with Crippen LogP contribution in [0.2, 0.25) is 0 Å². The number of imidazole rings is 1. The Morgan fingerprint density at radius 2 is 2.29 bits per heavy atom. The first-order valence-corrected chi connectivity index (χ1v) is 1.43. The molecule has 0 aromatic carbocycles. The van der Waals surface area contributed by atoms with Crippen LogP contribution in [0.25, 0.3) is 0 Å². The average Bonchev–Trinajstić information content (AvgIpc) is 1.76. The number of hydrogen-bond acceptors (Lipinski definition) is 1. The molecule has 4 heteroatoms. The molecule has 0 saturated heterocycles. The van der Waals surface area contributed by atoms with E-state index in [2.05, 4.69) is 9.97 Å². The van der Waals surface area contributed by atoms with E-state index in [-0.39, 0.29) is 42.9 Å². The van der Waals surface area contributed by atoms with Gasteiger partial charge in [-0.2, -0.15) is 0 Å². The van der Waals surface area contributed by atoms with E-state index in [1.807, 2.05) is 0 Å². The summed E-state index contributed by atoms with van der Waals surface area (Å²) in [6.45, 7) is 0. The van der Waals surface area contributed by atoms with Crippen LogP contribution in [-0.4, -0.2) is 33.0 Å². The minimum Gasteiger partial charge on any atom is -1.00 e. The van der Waals surface area contributed by atoms with Crippen LogP contribution in [0.4, 0.5) is 0 Å². The van der Waals surface area contributed by atoms with Gasteiger partial charge in [0.25, 0.3) is 0 Å². The van der Waals surface area contributed by atoms with Crippen molar-refractivity contribution < 1.29 is 2.85 Å². The maximum Gasteiger partial charge on any atom is 2.00 e. The van der Waals surface area contributed by atoms with Crippen LogP contribution in [0.1, 0.15) is 2.85 Å². The van der Waals surface area contributed by atoms with Crippen LogP contribution < -0.4 is 0 Å². The zero-order valence-electron chi connectivity index (χ0n) is 5.79. The predicted molar refractivity (Wildman–Crippen MR) is 36.9 cm³/mol. The Morgan fingerprint density at radius 3 is 2.43 bits per heavy atom. The second-order valence-corrected chi connectivity index (χ2v) is 0.761. The maximum atomic E-state index is 3.67. The second kappa shape index (κ2) is 6.46. The Morgan fingerprint density at radius 1 is 1.57 bits per heavy atom.